The third-order valence-corrected chi connectivity index (χ3v) is 4.38. The third kappa shape index (κ3) is 2.98. The summed E-state index contributed by atoms with van der Waals surface area (Å²) in [5, 5.41) is 0.997. The number of aromatic nitrogens is 1. The first-order chi connectivity index (χ1) is 11.3. The number of likely N-dealkylation sites (tertiary alicyclic amines) is 1. The second-order valence-electron chi connectivity index (χ2n) is 5.90. The smallest absolute Gasteiger partial charge is 0.270 e. The fourth-order valence-corrected chi connectivity index (χ4v) is 3.30. The molecule has 23 heavy (non-hydrogen) atoms. The Balaban J connectivity index is 2.07. The summed E-state index contributed by atoms with van der Waals surface area (Å²) in [4.78, 5) is 14.9. The molecule has 0 unspecified atom stereocenters. The monoisotopic (exact) mass is 312 g/mol. The highest BCUT2D eigenvalue weighted by Crippen LogP contribution is 2.30. The molecule has 4 nitrogen and oxygen atoms in total. The van der Waals surface area contributed by atoms with Gasteiger partial charge in [0.2, 0.25) is 0 Å². The first-order valence-corrected chi connectivity index (χ1v) is 8.41. The van der Waals surface area contributed by atoms with Crippen LogP contribution in [0.3, 0.4) is 0 Å². The quantitative estimate of drug-likeness (QED) is 0.786. The van der Waals surface area contributed by atoms with Crippen molar-refractivity contribution < 1.29 is 9.53 Å². The molecule has 2 heterocycles. The number of piperidine rings is 1. The number of nitrogens with zero attached hydrogens (tertiary/aromatic N) is 2. The first-order valence-electron chi connectivity index (χ1n) is 8.41. The van der Waals surface area contributed by atoms with Gasteiger partial charge in [-0.15, -0.1) is 6.58 Å². The van der Waals surface area contributed by atoms with Crippen molar-refractivity contribution in [3.05, 3.63) is 42.6 Å². The Morgan fingerprint density at radius 2 is 2.09 bits per heavy atom. The van der Waals surface area contributed by atoms with Gasteiger partial charge < -0.3 is 14.2 Å². The molecule has 1 amide bonds. The van der Waals surface area contributed by atoms with E-state index in [4.69, 9.17) is 4.74 Å². The summed E-state index contributed by atoms with van der Waals surface area (Å²) in [5.74, 6) is 0.950. The van der Waals surface area contributed by atoms with Gasteiger partial charge in [-0.05, 0) is 44.4 Å². The average Bonchev–Trinajstić information content (AvgIpc) is 2.95. The van der Waals surface area contributed by atoms with Crippen LogP contribution in [0.25, 0.3) is 10.9 Å². The Kier molecular flexibility index (Phi) is 4.70. The predicted molar refractivity (Wildman–Crippen MR) is 93.1 cm³/mol. The van der Waals surface area contributed by atoms with Gasteiger partial charge in [0.15, 0.2) is 0 Å². The molecule has 1 aliphatic heterocycles. The molecular weight excluding hydrogens is 288 g/mol. The Labute approximate surface area is 137 Å². The second-order valence-corrected chi connectivity index (χ2v) is 5.90. The lowest BCUT2D eigenvalue weighted by Crippen LogP contribution is -2.36. The number of carbonyl (C=O) groups excluding carboxylic acids is 1. The summed E-state index contributed by atoms with van der Waals surface area (Å²) >= 11 is 0. The van der Waals surface area contributed by atoms with Gasteiger partial charge >= 0.3 is 0 Å². The molecule has 1 fully saturated rings. The van der Waals surface area contributed by atoms with E-state index in [0.717, 1.165) is 48.3 Å². The molecule has 0 spiro atoms. The van der Waals surface area contributed by atoms with E-state index in [9.17, 15) is 4.79 Å². The van der Waals surface area contributed by atoms with Gasteiger partial charge in [-0.3, -0.25) is 4.79 Å². The van der Waals surface area contributed by atoms with Crippen LogP contribution in [0.1, 0.15) is 36.7 Å². The fraction of sp³-hybridized carbons (Fsp3) is 0.421. The lowest BCUT2D eigenvalue weighted by Gasteiger charge is -2.27. The molecule has 4 heteroatoms. The molecule has 122 valence electrons. The summed E-state index contributed by atoms with van der Waals surface area (Å²) in [5.41, 5.74) is 1.75. The van der Waals surface area contributed by atoms with E-state index < -0.39 is 0 Å². The van der Waals surface area contributed by atoms with E-state index in [0.29, 0.717) is 13.2 Å². The number of hydrogen-bond donors (Lipinski definition) is 0. The van der Waals surface area contributed by atoms with Crippen molar-refractivity contribution in [1.29, 1.82) is 0 Å². The number of carbonyl (C=O) groups is 1. The maximum atomic E-state index is 13.0. The van der Waals surface area contributed by atoms with E-state index in [1.165, 1.54) is 6.42 Å². The Morgan fingerprint density at radius 1 is 1.30 bits per heavy atom. The zero-order valence-electron chi connectivity index (χ0n) is 13.8. The molecule has 0 radical (unpaired) electrons. The maximum Gasteiger partial charge on any atom is 0.270 e. The minimum Gasteiger partial charge on any atom is -0.493 e. The van der Waals surface area contributed by atoms with Gasteiger partial charge in [-0.1, -0.05) is 12.1 Å². The first kappa shape index (κ1) is 15.7. The predicted octanol–water partition coefficient (Wildman–Crippen LogP) is 3.85. The van der Waals surface area contributed by atoms with Crippen LogP contribution in [-0.2, 0) is 6.54 Å². The number of ether oxygens (including phenoxy) is 1. The van der Waals surface area contributed by atoms with Crippen LogP contribution in [0, 0.1) is 0 Å². The van der Waals surface area contributed by atoms with Crippen molar-refractivity contribution in [3.63, 3.8) is 0 Å². The van der Waals surface area contributed by atoms with Crippen molar-refractivity contribution in [1.82, 2.24) is 9.47 Å². The highest BCUT2D eigenvalue weighted by Gasteiger charge is 2.23. The number of amides is 1. The number of allylic oxidation sites excluding steroid dienone is 1. The molecule has 2 aromatic rings. The van der Waals surface area contributed by atoms with Crippen LogP contribution < -0.4 is 4.74 Å². The van der Waals surface area contributed by atoms with Crippen LogP contribution >= 0.6 is 0 Å². The van der Waals surface area contributed by atoms with Gasteiger partial charge in [-0.25, -0.2) is 0 Å². The summed E-state index contributed by atoms with van der Waals surface area (Å²) in [6.45, 7) is 8.75. The molecule has 3 rings (SSSR count). The summed E-state index contributed by atoms with van der Waals surface area (Å²) in [6.07, 6.45) is 5.24. The van der Waals surface area contributed by atoms with Crippen molar-refractivity contribution in [2.45, 2.75) is 32.7 Å². The molecule has 0 aliphatic carbocycles. The Morgan fingerprint density at radius 3 is 2.78 bits per heavy atom. The highest BCUT2D eigenvalue weighted by atomic mass is 16.5. The normalized spacial score (nSPS) is 14.9. The molecule has 1 aliphatic rings. The highest BCUT2D eigenvalue weighted by molar-refractivity contribution is 6.00. The van der Waals surface area contributed by atoms with Gasteiger partial charge in [0.25, 0.3) is 5.91 Å². The summed E-state index contributed by atoms with van der Waals surface area (Å²) in [6, 6.07) is 7.94. The molecule has 0 atom stereocenters. The van der Waals surface area contributed by atoms with E-state index in [1.54, 1.807) is 0 Å². The van der Waals surface area contributed by atoms with Gasteiger partial charge in [0.1, 0.15) is 11.4 Å². The molecule has 0 bridgehead atoms. The topological polar surface area (TPSA) is 34.5 Å². The van der Waals surface area contributed by atoms with Crippen molar-refractivity contribution in [2.75, 3.05) is 19.7 Å². The van der Waals surface area contributed by atoms with E-state index in [-0.39, 0.29) is 5.91 Å². The van der Waals surface area contributed by atoms with E-state index in [1.807, 2.05) is 46.7 Å². The molecule has 0 saturated carbocycles. The third-order valence-electron chi connectivity index (χ3n) is 4.38. The average molecular weight is 312 g/mol. The number of fused-ring (bicyclic) bond motifs is 1. The summed E-state index contributed by atoms with van der Waals surface area (Å²) in [7, 11) is 0. The number of rotatable bonds is 5. The zero-order valence-corrected chi connectivity index (χ0v) is 13.8. The fourth-order valence-electron chi connectivity index (χ4n) is 3.30. The molecule has 1 aromatic heterocycles. The molecule has 1 aromatic carbocycles. The van der Waals surface area contributed by atoms with Crippen LogP contribution in [0.15, 0.2) is 36.9 Å². The standard InChI is InChI=1S/C19H24N2O2/c1-3-11-21-16-9-8-10-18(23-4-2)15(16)14-17(21)19(22)20-12-6-5-7-13-20/h3,8-10,14H,1,4-7,11-13H2,2H3. The lowest BCUT2D eigenvalue weighted by molar-refractivity contribution is 0.0714. The Hall–Kier alpha value is -2.23. The van der Waals surface area contributed by atoms with Crippen LogP contribution in [0.2, 0.25) is 0 Å². The Bertz CT molecular complexity index is 711. The van der Waals surface area contributed by atoms with E-state index in [2.05, 4.69) is 6.58 Å². The van der Waals surface area contributed by atoms with Gasteiger partial charge in [0, 0.05) is 25.0 Å². The minimum atomic E-state index is 0.116. The minimum absolute atomic E-state index is 0.116. The largest absolute Gasteiger partial charge is 0.493 e. The number of benzene rings is 1. The van der Waals surface area contributed by atoms with Crippen LogP contribution in [-0.4, -0.2) is 35.1 Å². The van der Waals surface area contributed by atoms with Crippen molar-refractivity contribution >= 4 is 16.8 Å². The molecular formula is C19H24N2O2. The molecule has 1 saturated heterocycles. The summed E-state index contributed by atoms with van der Waals surface area (Å²) < 4.78 is 7.77. The maximum absolute atomic E-state index is 13.0. The number of hydrogen-bond acceptors (Lipinski definition) is 2. The SMILES string of the molecule is C=CCn1c(C(=O)N2CCCCC2)cc2c(OCC)cccc21. The van der Waals surface area contributed by atoms with Crippen molar-refractivity contribution in [3.8, 4) is 5.75 Å². The van der Waals surface area contributed by atoms with E-state index >= 15 is 0 Å². The molecule has 0 N–H and O–H groups in total. The van der Waals surface area contributed by atoms with Crippen LogP contribution in [0.4, 0.5) is 0 Å². The lowest BCUT2D eigenvalue weighted by atomic mass is 10.1. The van der Waals surface area contributed by atoms with Gasteiger partial charge in [0.05, 0.1) is 12.1 Å². The van der Waals surface area contributed by atoms with Crippen LogP contribution in [0.5, 0.6) is 5.75 Å². The van der Waals surface area contributed by atoms with Gasteiger partial charge in [-0.2, -0.15) is 0 Å². The second kappa shape index (κ2) is 6.90. The van der Waals surface area contributed by atoms with Crippen molar-refractivity contribution in [2.24, 2.45) is 0 Å². The zero-order chi connectivity index (χ0) is 16.2.